The molecule has 0 bridgehead atoms. The Morgan fingerprint density at radius 2 is 1.76 bits per heavy atom. The molecule has 1 aromatic heterocycles. The van der Waals surface area contributed by atoms with Crippen LogP contribution in [0.5, 0.6) is 23.1 Å². The third-order valence-electron chi connectivity index (χ3n) is 4.45. The van der Waals surface area contributed by atoms with E-state index >= 15 is 0 Å². The van der Waals surface area contributed by atoms with Crippen molar-refractivity contribution in [3.8, 4) is 29.2 Å². The largest absolute Gasteiger partial charge is 0.493 e. The van der Waals surface area contributed by atoms with Crippen molar-refractivity contribution in [3.05, 3.63) is 28.8 Å². The lowest BCUT2D eigenvalue weighted by Crippen LogP contribution is -2.21. The van der Waals surface area contributed by atoms with Gasteiger partial charge in [0.2, 0.25) is 5.88 Å². The van der Waals surface area contributed by atoms with Crippen molar-refractivity contribution in [2.24, 2.45) is 0 Å². The molecule has 2 aromatic rings. The summed E-state index contributed by atoms with van der Waals surface area (Å²) in [6, 6.07) is 5.96. The molecular weight excluding hydrogens is 457 g/mol. The lowest BCUT2D eigenvalue weighted by Gasteiger charge is -2.25. The number of nitrogens with one attached hydrogen (secondary N) is 2. The van der Waals surface area contributed by atoms with Crippen molar-refractivity contribution < 1.29 is 37.3 Å². The van der Waals surface area contributed by atoms with Crippen LogP contribution in [0.15, 0.2) is 12.1 Å². The first-order chi connectivity index (χ1) is 15.6. The smallest absolute Gasteiger partial charge is 0.490 e. The number of anilines is 2. The summed E-state index contributed by atoms with van der Waals surface area (Å²) >= 11 is 0. The van der Waals surface area contributed by atoms with Crippen molar-refractivity contribution in [1.29, 1.82) is 5.26 Å². The summed E-state index contributed by atoms with van der Waals surface area (Å²) in [5.41, 5.74) is 3.08. The van der Waals surface area contributed by atoms with Crippen LogP contribution in [0.2, 0.25) is 0 Å². The number of carboxylic acid groups (broad SMARTS) is 1. The van der Waals surface area contributed by atoms with E-state index in [-0.39, 0.29) is 7.43 Å². The number of hydrogen-bond donors (Lipinski definition) is 3. The second kappa shape index (κ2) is 11.8. The number of nitrogens with zero attached hydrogens (tertiary/aromatic N) is 2. The molecule has 0 spiro atoms. The number of halogens is 3. The minimum atomic E-state index is -5.08. The Bertz CT molecular complexity index is 1070. The highest BCUT2D eigenvalue weighted by molar-refractivity contribution is 5.76. The lowest BCUT2D eigenvalue weighted by molar-refractivity contribution is -0.192. The highest BCUT2D eigenvalue weighted by Gasteiger charge is 2.38. The van der Waals surface area contributed by atoms with Gasteiger partial charge in [-0.25, -0.2) is 4.79 Å². The molecule has 0 radical (unpaired) electrons. The molecule has 0 aliphatic carbocycles. The Hall–Kier alpha value is -3.88. The van der Waals surface area contributed by atoms with Gasteiger partial charge in [0.15, 0.2) is 11.5 Å². The topological polar surface area (TPSA) is 126 Å². The lowest BCUT2D eigenvalue weighted by atomic mass is 9.98. The van der Waals surface area contributed by atoms with Crippen LogP contribution in [0.3, 0.4) is 0 Å². The van der Waals surface area contributed by atoms with E-state index in [9.17, 15) is 18.4 Å². The van der Waals surface area contributed by atoms with Crippen LogP contribution in [0.4, 0.5) is 24.7 Å². The Labute approximate surface area is 195 Å². The second-order valence-electron chi connectivity index (χ2n) is 6.56. The van der Waals surface area contributed by atoms with E-state index < -0.39 is 12.1 Å². The van der Waals surface area contributed by atoms with Crippen molar-refractivity contribution in [2.75, 3.05) is 37.9 Å². The van der Waals surface area contributed by atoms with Crippen molar-refractivity contribution in [3.63, 3.8) is 0 Å². The van der Waals surface area contributed by atoms with Crippen LogP contribution in [0, 0.1) is 11.3 Å². The number of carboxylic acids is 1. The predicted molar refractivity (Wildman–Crippen MR) is 120 cm³/mol. The monoisotopic (exact) mass is 484 g/mol. The summed E-state index contributed by atoms with van der Waals surface area (Å²) in [6.07, 6.45) is -4.50. The Morgan fingerprint density at radius 1 is 1.21 bits per heavy atom. The van der Waals surface area contributed by atoms with E-state index in [0.717, 1.165) is 16.8 Å². The maximum absolute atomic E-state index is 10.6. The Balaban J connectivity index is 0.000000633. The number of benzene rings is 1. The summed E-state index contributed by atoms with van der Waals surface area (Å²) in [6.45, 7) is 5.30. The summed E-state index contributed by atoms with van der Waals surface area (Å²) in [5, 5.41) is 23.2. The molecule has 186 valence electrons. The zero-order chi connectivity index (χ0) is 24.8. The van der Waals surface area contributed by atoms with Gasteiger partial charge >= 0.3 is 12.1 Å². The predicted octanol–water partition coefficient (Wildman–Crippen LogP) is 4.80. The van der Waals surface area contributed by atoms with Gasteiger partial charge in [0, 0.05) is 36.7 Å². The van der Waals surface area contributed by atoms with Gasteiger partial charge in [0.05, 0.1) is 19.9 Å². The molecule has 0 fully saturated rings. The molecule has 2 heterocycles. The number of aromatic nitrogens is 1. The van der Waals surface area contributed by atoms with Gasteiger partial charge in [-0.3, -0.25) is 0 Å². The first kappa shape index (κ1) is 28.2. The molecule has 0 amide bonds. The van der Waals surface area contributed by atoms with Gasteiger partial charge in [0.1, 0.15) is 23.2 Å². The number of fused-ring (bicyclic) bond motifs is 2. The third-order valence-corrected chi connectivity index (χ3v) is 4.45. The minimum Gasteiger partial charge on any atom is -0.493 e. The fourth-order valence-electron chi connectivity index (χ4n) is 3.06. The third kappa shape index (κ3) is 6.12. The van der Waals surface area contributed by atoms with Gasteiger partial charge in [-0.05, 0) is 19.9 Å². The number of methoxy groups -OCH3 is 2. The molecule has 3 N–H and O–H groups in total. The molecule has 0 unspecified atom stereocenters. The normalized spacial score (nSPS) is 11.1. The fourth-order valence-corrected chi connectivity index (χ4v) is 3.06. The van der Waals surface area contributed by atoms with Crippen molar-refractivity contribution in [2.45, 2.75) is 33.9 Å². The van der Waals surface area contributed by atoms with E-state index in [1.54, 1.807) is 20.3 Å². The maximum Gasteiger partial charge on any atom is 0.490 e. The standard InChI is InChI=1S/C19H22N4O3.C2HF3O2.CH4/c1-5-21-17-12-7-11-8-15(24-3)16(25-4)9-14(11)26-19(12)23-18(22-6-2)13(17)10-20;3-2(4,5)1(6)7;/h8-9H,5-7H2,1-4H3,(H2,21,22,23);(H,6,7);1H4. The molecule has 0 saturated heterocycles. The fraction of sp³-hybridized carbons (Fsp3) is 0.409. The first-order valence-electron chi connectivity index (χ1n) is 9.78. The molecule has 1 aromatic carbocycles. The van der Waals surface area contributed by atoms with Crippen LogP contribution < -0.4 is 24.8 Å². The summed E-state index contributed by atoms with van der Waals surface area (Å²) in [4.78, 5) is 13.4. The SMILES string of the molecule is C.CCNc1nc2c(c(NCC)c1C#N)Cc1cc(OC)c(OC)cc1O2.O=C(O)C(F)(F)F. The molecule has 1 aliphatic heterocycles. The number of alkyl halides is 3. The number of hydrogen-bond acceptors (Lipinski definition) is 8. The zero-order valence-corrected chi connectivity index (χ0v) is 18.4. The minimum absolute atomic E-state index is 0. The number of pyridine rings is 1. The molecule has 12 heteroatoms. The van der Waals surface area contributed by atoms with Gasteiger partial charge in [-0.2, -0.15) is 23.4 Å². The van der Waals surface area contributed by atoms with Crippen molar-refractivity contribution in [1.82, 2.24) is 4.98 Å². The van der Waals surface area contributed by atoms with E-state index in [0.29, 0.717) is 54.0 Å². The molecule has 9 nitrogen and oxygen atoms in total. The Kier molecular flexibility index (Phi) is 9.79. The molecule has 3 rings (SSSR count). The van der Waals surface area contributed by atoms with Crippen LogP contribution in [-0.2, 0) is 11.2 Å². The molecule has 34 heavy (non-hydrogen) atoms. The summed E-state index contributed by atoms with van der Waals surface area (Å²) in [7, 11) is 3.19. The summed E-state index contributed by atoms with van der Waals surface area (Å²) in [5.74, 6) is 0.178. The molecule has 1 aliphatic rings. The van der Waals surface area contributed by atoms with E-state index in [1.165, 1.54) is 0 Å². The van der Waals surface area contributed by atoms with Gasteiger partial charge < -0.3 is 30.0 Å². The maximum atomic E-state index is 10.6. The number of carbonyl (C=O) groups is 1. The summed E-state index contributed by atoms with van der Waals surface area (Å²) < 4.78 is 48.5. The van der Waals surface area contributed by atoms with Crippen molar-refractivity contribution >= 4 is 17.5 Å². The molecule has 0 saturated carbocycles. The van der Waals surface area contributed by atoms with Gasteiger partial charge in [-0.1, -0.05) is 7.43 Å². The average Bonchev–Trinajstić information content (AvgIpc) is 2.77. The van der Waals surface area contributed by atoms with Gasteiger partial charge in [-0.15, -0.1) is 0 Å². The number of nitriles is 1. The van der Waals surface area contributed by atoms with Crippen LogP contribution in [0.1, 0.15) is 38.0 Å². The average molecular weight is 484 g/mol. The molecule has 0 atom stereocenters. The van der Waals surface area contributed by atoms with E-state index in [1.807, 2.05) is 19.9 Å². The van der Waals surface area contributed by atoms with Crippen LogP contribution >= 0.6 is 0 Å². The van der Waals surface area contributed by atoms with E-state index in [2.05, 4.69) is 21.7 Å². The highest BCUT2D eigenvalue weighted by atomic mass is 19.4. The zero-order valence-electron chi connectivity index (χ0n) is 18.4. The van der Waals surface area contributed by atoms with Crippen LogP contribution in [0.25, 0.3) is 0 Å². The number of aliphatic carboxylic acids is 1. The van der Waals surface area contributed by atoms with Crippen LogP contribution in [-0.4, -0.2) is 49.5 Å². The highest BCUT2D eigenvalue weighted by Crippen LogP contribution is 2.45. The number of ether oxygens (including phenoxy) is 3. The van der Waals surface area contributed by atoms with Gasteiger partial charge in [0.25, 0.3) is 0 Å². The first-order valence-corrected chi connectivity index (χ1v) is 9.78. The second-order valence-corrected chi connectivity index (χ2v) is 6.56. The van der Waals surface area contributed by atoms with E-state index in [4.69, 9.17) is 24.1 Å². The number of rotatable bonds is 6. The Morgan fingerprint density at radius 3 is 2.24 bits per heavy atom. The quantitative estimate of drug-likeness (QED) is 0.452. The molecular formula is C22H27F3N4O5.